The number of nitrogens with one attached hydrogen (secondary N) is 1. The quantitative estimate of drug-likeness (QED) is 0.757. The number of nitrogens with zero attached hydrogens (tertiary/aromatic N) is 2. The third-order valence-corrected chi connectivity index (χ3v) is 3.61. The van der Waals surface area contributed by atoms with Crippen molar-refractivity contribution in [1.82, 2.24) is 15.1 Å². The Labute approximate surface area is 138 Å². The molecule has 24 heavy (non-hydrogen) atoms. The average Bonchev–Trinajstić information content (AvgIpc) is 3.10. The molecular weight excluding hydrogens is 309 g/mol. The first kappa shape index (κ1) is 15.9. The molecule has 0 radical (unpaired) electrons. The summed E-state index contributed by atoms with van der Waals surface area (Å²) in [7, 11) is 0. The lowest BCUT2D eigenvalue weighted by molar-refractivity contribution is 0.0910. The molecule has 0 aliphatic carbocycles. The maximum atomic E-state index is 13.8. The average molecular weight is 325 g/mol. The van der Waals surface area contributed by atoms with Gasteiger partial charge >= 0.3 is 0 Å². The van der Waals surface area contributed by atoms with Crippen LogP contribution in [0, 0.1) is 5.82 Å². The molecule has 3 aromatic rings. The van der Waals surface area contributed by atoms with Gasteiger partial charge in [0.05, 0.1) is 12.6 Å². The van der Waals surface area contributed by atoms with Crippen molar-refractivity contribution < 1.29 is 14.3 Å². The molecule has 5 nitrogen and oxygen atoms in total. The highest BCUT2D eigenvalue weighted by Gasteiger charge is 2.17. The topological polar surface area (TPSA) is 67.2 Å². The van der Waals surface area contributed by atoms with E-state index in [2.05, 4.69) is 10.4 Å². The normalized spacial score (nSPS) is 11.9. The predicted octanol–water partition coefficient (Wildman–Crippen LogP) is 2.47. The minimum atomic E-state index is -0.530. The van der Waals surface area contributed by atoms with Crippen LogP contribution in [0.15, 0.2) is 66.9 Å². The molecule has 1 aromatic heterocycles. The Morgan fingerprint density at radius 2 is 1.83 bits per heavy atom. The summed E-state index contributed by atoms with van der Waals surface area (Å²) in [5.41, 5.74) is 1.20. The summed E-state index contributed by atoms with van der Waals surface area (Å²) in [5, 5.41) is 16.3. The highest BCUT2D eigenvalue weighted by atomic mass is 19.1. The molecule has 3 rings (SSSR count). The van der Waals surface area contributed by atoms with Gasteiger partial charge < -0.3 is 10.4 Å². The van der Waals surface area contributed by atoms with Crippen molar-refractivity contribution in [1.29, 1.82) is 0 Å². The molecule has 0 spiro atoms. The Bertz CT molecular complexity index is 833. The molecule has 0 saturated carbocycles. The van der Waals surface area contributed by atoms with E-state index in [1.807, 2.05) is 30.3 Å². The Kier molecular flexibility index (Phi) is 4.67. The lowest BCUT2D eigenvalue weighted by atomic mass is 10.1. The number of hydrogen-bond acceptors (Lipinski definition) is 3. The number of hydrogen-bond donors (Lipinski definition) is 2. The molecule has 1 amide bonds. The van der Waals surface area contributed by atoms with E-state index in [-0.39, 0.29) is 18.0 Å². The SMILES string of the molecule is O=C(NC(CO)c1ccccc1)c1ccn(-c2ccccc2F)n1. The van der Waals surface area contributed by atoms with Gasteiger partial charge in [-0.15, -0.1) is 0 Å². The molecular formula is C18H16FN3O2. The first-order valence-electron chi connectivity index (χ1n) is 7.46. The van der Waals surface area contributed by atoms with Crippen molar-refractivity contribution in [2.75, 3.05) is 6.61 Å². The molecule has 0 aliphatic heterocycles. The highest BCUT2D eigenvalue weighted by molar-refractivity contribution is 5.92. The van der Waals surface area contributed by atoms with Gasteiger partial charge in [0.1, 0.15) is 11.5 Å². The van der Waals surface area contributed by atoms with E-state index in [9.17, 15) is 14.3 Å². The maximum Gasteiger partial charge on any atom is 0.272 e. The van der Waals surface area contributed by atoms with Crippen molar-refractivity contribution in [2.45, 2.75) is 6.04 Å². The lowest BCUT2D eigenvalue weighted by Crippen LogP contribution is -2.31. The number of benzene rings is 2. The fourth-order valence-corrected chi connectivity index (χ4v) is 2.37. The van der Waals surface area contributed by atoms with Crippen molar-refractivity contribution in [3.63, 3.8) is 0 Å². The summed E-state index contributed by atoms with van der Waals surface area (Å²) in [6.07, 6.45) is 1.52. The van der Waals surface area contributed by atoms with Crippen LogP contribution in [0.25, 0.3) is 5.69 Å². The largest absolute Gasteiger partial charge is 0.394 e. The molecule has 0 aliphatic rings. The van der Waals surface area contributed by atoms with Gasteiger partial charge in [-0.1, -0.05) is 42.5 Å². The number of aliphatic hydroxyl groups is 1. The molecule has 122 valence electrons. The van der Waals surface area contributed by atoms with E-state index in [0.29, 0.717) is 0 Å². The van der Waals surface area contributed by atoms with Crippen LogP contribution in [-0.4, -0.2) is 27.4 Å². The molecule has 0 saturated heterocycles. The fraction of sp³-hybridized carbons (Fsp3) is 0.111. The van der Waals surface area contributed by atoms with Crippen molar-refractivity contribution in [3.8, 4) is 5.69 Å². The second kappa shape index (κ2) is 7.06. The number of rotatable bonds is 5. The molecule has 0 fully saturated rings. The predicted molar refractivity (Wildman–Crippen MR) is 87.3 cm³/mol. The Balaban J connectivity index is 1.78. The minimum Gasteiger partial charge on any atom is -0.394 e. The van der Waals surface area contributed by atoms with E-state index in [1.54, 1.807) is 18.2 Å². The van der Waals surface area contributed by atoms with E-state index < -0.39 is 17.8 Å². The Morgan fingerprint density at radius 3 is 2.54 bits per heavy atom. The highest BCUT2D eigenvalue weighted by Crippen LogP contribution is 2.14. The summed E-state index contributed by atoms with van der Waals surface area (Å²) < 4.78 is 15.1. The summed E-state index contributed by atoms with van der Waals surface area (Å²) in [5.74, 6) is -0.863. The minimum absolute atomic E-state index is 0.146. The van der Waals surface area contributed by atoms with Crippen LogP contribution in [0.1, 0.15) is 22.1 Å². The second-order valence-electron chi connectivity index (χ2n) is 5.22. The Morgan fingerprint density at radius 1 is 1.12 bits per heavy atom. The molecule has 1 heterocycles. The summed E-state index contributed by atoms with van der Waals surface area (Å²) in [6, 6.07) is 16.3. The van der Waals surface area contributed by atoms with Crippen LogP contribution in [0.5, 0.6) is 0 Å². The van der Waals surface area contributed by atoms with Gasteiger partial charge in [0, 0.05) is 6.20 Å². The summed E-state index contributed by atoms with van der Waals surface area (Å²) in [4.78, 5) is 12.3. The standard InChI is InChI=1S/C18H16FN3O2/c19-14-8-4-5-9-17(14)22-11-10-15(21-22)18(24)20-16(12-23)13-6-2-1-3-7-13/h1-11,16,23H,12H2,(H,20,24). The number of carbonyl (C=O) groups excluding carboxylic acids is 1. The van der Waals surface area contributed by atoms with Crippen molar-refractivity contribution >= 4 is 5.91 Å². The van der Waals surface area contributed by atoms with Gasteiger partial charge in [0.2, 0.25) is 0 Å². The van der Waals surface area contributed by atoms with Gasteiger partial charge in [-0.3, -0.25) is 4.79 Å². The van der Waals surface area contributed by atoms with Crippen molar-refractivity contribution in [3.05, 3.63) is 83.9 Å². The molecule has 1 unspecified atom stereocenters. The zero-order valence-electron chi connectivity index (χ0n) is 12.8. The zero-order chi connectivity index (χ0) is 16.9. The first-order valence-corrected chi connectivity index (χ1v) is 7.46. The van der Waals surface area contributed by atoms with Gasteiger partial charge in [-0.05, 0) is 23.8 Å². The smallest absolute Gasteiger partial charge is 0.272 e. The molecule has 1 atom stereocenters. The van der Waals surface area contributed by atoms with E-state index in [4.69, 9.17) is 0 Å². The third kappa shape index (κ3) is 3.33. The van der Waals surface area contributed by atoms with E-state index >= 15 is 0 Å². The van der Waals surface area contributed by atoms with Crippen LogP contribution in [0.2, 0.25) is 0 Å². The molecule has 2 N–H and O–H groups in total. The number of aliphatic hydroxyl groups excluding tert-OH is 1. The second-order valence-corrected chi connectivity index (χ2v) is 5.22. The monoisotopic (exact) mass is 325 g/mol. The third-order valence-electron chi connectivity index (χ3n) is 3.61. The molecule has 2 aromatic carbocycles. The van der Waals surface area contributed by atoms with Crippen molar-refractivity contribution in [2.24, 2.45) is 0 Å². The van der Waals surface area contributed by atoms with Gasteiger partial charge in [-0.2, -0.15) is 5.10 Å². The van der Waals surface area contributed by atoms with E-state index in [1.165, 1.54) is 23.0 Å². The first-order chi connectivity index (χ1) is 11.7. The fourth-order valence-electron chi connectivity index (χ4n) is 2.37. The number of para-hydroxylation sites is 1. The van der Waals surface area contributed by atoms with Gasteiger partial charge in [-0.25, -0.2) is 9.07 Å². The van der Waals surface area contributed by atoms with Crippen LogP contribution in [-0.2, 0) is 0 Å². The number of aromatic nitrogens is 2. The van der Waals surface area contributed by atoms with Crippen LogP contribution >= 0.6 is 0 Å². The van der Waals surface area contributed by atoms with Crippen LogP contribution < -0.4 is 5.32 Å². The van der Waals surface area contributed by atoms with Gasteiger partial charge in [0.15, 0.2) is 5.69 Å². The van der Waals surface area contributed by atoms with Crippen LogP contribution in [0.3, 0.4) is 0 Å². The molecule has 6 heteroatoms. The van der Waals surface area contributed by atoms with Gasteiger partial charge in [0.25, 0.3) is 5.91 Å². The Hall–Kier alpha value is -2.99. The maximum absolute atomic E-state index is 13.8. The van der Waals surface area contributed by atoms with Crippen LogP contribution in [0.4, 0.5) is 4.39 Å². The van der Waals surface area contributed by atoms with E-state index in [0.717, 1.165) is 5.56 Å². The molecule has 0 bridgehead atoms. The number of amides is 1. The summed E-state index contributed by atoms with van der Waals surface area (Å²) >= 11 is 0. The zero-order valence-corrected chi connectivity index (χ0v) is 12.8. The number of halogens is 1. The lowest BCUT2D eigenvalue weighted by Gasteiger charge is -2.15. The number of carbonyl (C=O) groups is 1. The summed E-state index contributed by atoms with van der Waals surface area (Å²) in [6.45, 7) is -0.232.